The van der Waals surface area contributed by atoms with Gasteiger partial charge in [-0.25, -0.2) is 4.39 Å². The molecule has 3 nitrogen and oxygen atoms in total. The molecule has 0 saturated carbocycles. The molecule has 136 valence electrons. The monoisotopic (exact) mass is 373 g/mol. The topological polar surface area (TPSA) is 40.5 Å². The van der Waals surface area contributed by atoms with Crippen LogP contribution in [0.3, 0.4) is 0 Å². The van der Waals surface area contributed by atoms with Gasteiger partial charge in [-0.2, -0.15) is 0 Å². The van der Waals surface area contributed by atoms with Crippen LogP contribution in [0.15, 0.2) is 48.5 Å². The lowest BCUT2D eigenvalue weighted by atomic mass is 9.70. The van der Waals surface area contributed by atoms with Gasteiger partial charge < -0.3 is 10.0 Å². The van der Waals surface area contributed by atoms with Crippen molar-refractivity contribution in [1.29, 1.82) is 0 Å². The zero-order valence-electron chi connectivity index (χ0n) is 14.4. The maximum atomic E-state index is 14.3. The number of carbonyl (C=O) groups is 1. The minimum absolute atomic E-state index is 0.0118. The minimum Gasteiger partial charge on any atom is -0.396 e. The van der Waals surface area contributed by atoms with Crippen LogP contribution in [0.5, 0.6) is 0 Å². The summed E-state index contributed by atoms with van der Waals surface area (Å²) in [5, 5.41) is 10.4. The van der Waals surface area contributed by atoms with Crippen LogP contribution in [0.1, 0.15) is 35.2 Å². The summed E-state index contributed by atoms with van der Waals surface area (Å²) in [5.74, 6) is -0.949. The third-order valence-electron chi connectivity index (χ3n) is 5.98. The molecule has 2 aliphatic heterocycles. The molecule has 5 heteroatoms. The molecule has 0 spiro atoms. The smallest absolute Gasteiger partial charge is 0.258 e. The Morgan fingerprint density at radius 2 is 1.96 bits per heavy atom. The average Bonchev–Trinajstić information content (AvgIpc) is 3.18. The summed E-state index contributed by atoms with van der Waals surface area (Å²) in [7, 11) is 0. The highest BCUT2D eigenvalue weighted by Crippen LogP contribution is 2.52. The fourth-order valence-corrected chi connectivity index (χ4v) is 5.09. The Hall–Kier alpha value is -1.91. The molecule has 1 amide bonds. The standard InChI is InChI=1S/C21H21ClFNO2/c22-16-7-4-8-17(23)19(16)20(26)24-15-9-10-18(24)21(12-15,13-25)11-14-5-2-1-3-6-14/h1-8,15,18,25H,9-13H2/t15-,18+,21-/m0/s1. The van der Waals surface area contributed by atoms with Gasteiger partial charge in [0, 0.05) is 17.5 Å². The minimum atomic E-state index is -0.591. The Morgan fingerprint density at radius 1 is 1.19 bits per heavy atom. The van der Waals surface area contributed by atoms with Crippen molar-refractivity contribution in [2.45, 2.75) is 37.8 Å². The van der Waals surface area contributed by atoms with E-state index < -0.39 is 5.82 Å². The lowest BCUT2D eigenvalue weighted by molar-refractivity contribution is 0.0568. The molecular formula is C21H21ClFNO2. The Balaban J connectivity index is 1.66. The summed E-state index contributed by atoms with van der Waals surface area (Å²) in [4.78, 5) is 14.9. The van der Waals surface area contributed by atoms with Crippen molar-refractivity contribution in [2.75, 3.05) is 6.61 Å². The number of carbonyl (C=O) groups excluding carboxylic acids is 1. The SMILES string of the molecule is O=C(c1c(F)cccc1Cl)N1[C@H]2CC[C@@H]1[C@@](CO)(Cc1ccccc1)C2. The first-order valence-corrected chi connectivity index (χ1v) is 9.35. The summed E-state index contributed by atoms with van der Waals surface area (Å²) in [6.45, 7) is 0.0118. The van der Waals surface area contributed by atoms with Gasteiger partial charge in [-0.05, 0) is 43.4 Å². The van der Waals surface area contributed by atoms with Crippen LogP contribution in [0.25, 0.3) is 0 Å². The molecule has 0 aromatic heterocycles. The fourth-order valence-electron chi connectivity index (χ4n) is 4.85. The number of aliphatic hydroxyl groups is 1. The predicted octanol–water partition coefficient (Wildman–Crippen LogP) is 4.08. The van der Waals surface area contributed by atoms with Gasteiger partial charge in [-0.1, -0.05) is 48.0 Å². The molecule has 3 atom stereocenters. The largest absolute Gasteiger partial charge is 0.396 e. The number of hydrogen-bond acceptors (Lipinski definition) is 2. The second kappa shape index (κ2) is 6.67. The zero-order valence-corrected chi connectivity index (χ0v) is 15.1. The predicted molar refractivity (Wildman–Crippen MR) is 98.7 cm³/mol. The van der Waals surface area contributed by atoms with E-state index in [1.807, 2.05) is 30.3 Å². The number of halogens is 2. The van der Waals surface area contributed by atoms with Crippen molar-refractivity contribution in [3.8, 4) is 0 Å². The molecule has 0 aliphatic carbocycles. The van der Waals surface area contributed by atoms with Crippen molar-refractivity contribution in [2.24, 2.45) is 5.41 Å². The van der Waals surface area contributed by atoms with E-state index in [2.05, 4.69) is 0 Å². The third kappa shape index (κ3) is 2.72. The molecule has 4 rings (SSSR count). The number of fused-ring (bicyclic) bond motifs is 2. The summed E-state index contributed by atoms with van der Waals surface area (Å²) in [5.41, 5.74) is 0.711. The molecule has 0 radical (unpaired) electrons. The summed E-state index contributed by atoms with van der Waals surface area (Å²) in [6.07, 6.45) is 3.16. The second-order valence-corrected chi connectivity index (χ2v) is 7.85. The van der Waals surface area contributed by atoms with Gasteiger partial charge in [0.15, 0.2) is 0 Å². The maximum absolute atomic E-state index is 14.3. The molecule has 2 aromatic rings. The average molecular weight is 374 g/mol. The van der Waals surface area contributed by atoms with E-state index in [1.54, 1.807) is 11.0 Å². The Labute approximate surface area is 157 Å². The first-order chi connectivity index (χ1) is 12.6. The van der Waals surface area contributed by atoms with E-state index in [-0.39, 0.29) is 40.6 Å². The molecule has 2 saturated heterocycles. The molecule has 2 bridgehead atoms. The first kappa shape index (κ1) is 17.5. The molecule has 2 heterocycles. The number of nitrogens with zero attached hydrogens (tertiary/aromatic N) is 1. The van der Waals surface area contributed by atoms with E-state index >= 15 is 0 Å². The van der Waals surface area contributed by atoms with Crippen LogP contribution in [0.2, 0.25) is 5.02 Å². The molecular weight excluding hydrogens is 353 g/mol. The number of hydrogen-bond donors (Lipinski definition) is 1. The summed E-state index contributed by atoms with van der Waals surface area (Å²) >= 11 is 6.12. The highest BCUT2D eigenvalue weighted by molar-refractivity contribution is 6.33. The van der Waals surface area contributed by atoms with Crippen LogP contribution in [0, 0.1) is 11.2 Å². The number of rotatable bonds is 4. The van der Waals surface area contributed by atoms with Crippen LogP contribution < -0.4 is 0 Å². The van der Waals surface area contributed by atoms with Crippen molar-refractivity contribution in [3.63, 3.8) is 0 Å². The lowest BCUT2D eigenvalue weighted by Crippen LogP contribution is -2.44. The van der Waals surface area contributed by atoms with Crippen molar-refractivity contribution < 1.29 is 14.3 Å². The van der Waals surface area contributed by atoms with E-state index in [0.717, 1.165) is 24.8 Å². The van der Waals surface area contributed by atoms with Gasteiger partial charge in [0.05, 0.1) is 17.2 Å². The van der Waals surface area contributed by atoms with Crippen LogP contribution in [0.4, 0.5) is 4.39 Å². The first-order valence-electron chi connectivity index (χ1n) is 8.97. The molecule has 2 aliphatic rings. The van der Waals surface area contributed by atoms with E-state index in [9.17, 15) is 14.3 Å². The zero-order chi connectivity index (χ0) is 18.3. The van der Waals surface area contributed by atoms with Crippen molar-refractivity contribution >= 4 is 17.5 Å². The number of benzene rings is 2. The van der Waals surface area contributed by atoms with Gasteiger partial charge >= 0.3 is 0 Å². The molecule has 2 aromatic carbocycles. The van der Waals surface area contributed by atoms with Crippen molar-refractivity contribution in [1.82, 2.24) is 4.90 Å². The third-order valence-corrected chi connectivity index (χ3v) is 6.29. The number of amides is 1. The van der Waals surface area contributed by atoms with Crippen LogP contribution >= 0.6 is 11.6 Å². The highest BCUT2D eigenvalue weighted by Gasteiger charge is 2.57. The molecule has 1 N–H and O–H groups in total. The molecule has 0 unspecified atom stereocenters. The summed E-state index contributed by atoms with van der Waals surface area (Å²) in [6, 6.07) is 14.3. The van der Waals surface area contributed by atoms with Gasteiger partial charge in [0.25, 0.3) is 5.91 Å². The van der Waals surface area contributed by atoms with E-state index in [1.165, 1.54) is 12.1 Å². The normalized spacial score (nSPS) is 27.1. The lowest BCUT2D eigenvalue weighted by Gasteiger charge is -2.36. The van der Waals surface area contributed by atoms with Crippen molar-refractivity contribution in [3.05, 3.63) is 70.5 Å². The van der Waals surface area contributed by atoms with Gasteiger partial charge in [-0.3, -0.25) is 4.79 Å². The quantitative estimate of drug-likeness (QED) is 0.877. The fraction of sp³-hybridized carbons (Fsp3) is 0.381. The summed E-state index contributed by atoms with van der Waals surface area (Å²) < 4.78 is 14.3. The van der Waals surface area contributed by atoms with Gasteiger partial charge in [0.1, 0.15) is 5.82 Å². The maximum Gasteiger partial charge on any atom is 0.258 e. The van der Waals surface area contributed by atoms with Crippen LogP contribution in [-0.4, -0.2) is 34.6 Å². The van der Waals surface area contributed by atoms with E-state index in [0.29, 0.717) is 6.42 Å². The second-order valence-electron chi connectivity index (χ2n) is 7.44. The Bertz CT molecular complexity index is 808. The van der Waals surface area contributed by atoms with Gasteiger partial charge in [-0.15, -0.1) is 0 Å². The highest BCUT2D eigenvalue weighted by atomic mass is 35.5. The van der Waals surface area contributed by atoms with E-state index in [4.69, 9.17) is 11.6 Å². The van der Waals surface area contributed by atoms with Gasteiger partial charge in [0.2, 0.25) is 0 Å². The Morgan fingerprint density at radius 3 is 2.65 bits per heavy atom. The number of aliphatic hydroxyl groups excluding tert-OH is 1. The molecule has 26 heavy (non-hydrogen) atoms. The molecule has 2 fully saturated rings. The Kier molecular flexibility index (Phi) is 4.49. The van der Waals surface area contributed by atoms with Crippen LogP contribution in [-0.2, 0) is 6.42 Å².